The van der Waals surface area contributed by atoms with Crippen LogP contribution < -0.4 is 5.32 Å². The first-order valence-corrected chi connectivity index (χ1v) is 8.20. The van der Waals surface area contributed by atoms with Crippen LogP contribution in [0.3, 0.4) is 0 Å². The number of rotatable bonds is 12. The van der Waals surface area contributed by atoms with Crippen LogP contribution in [0.15, 0.2) is 0 Å². The fourth-order valence-corrected chi connectivity index (χ4v) is 2.36. The van der Waals surface area contributed by atoms with Crippen molar-refractivity contribution in [1.29, 1.82) is 0 Å². The Hall–Kier alpha value is -1.06. The monoisotopic (exact) mass is 283 g/mol. The van der Waals surface area contributed by atoms with E-state index in [0.717, 1.165) is 12.8 Å². The van der Waals surface area contributed by atoms with Crippen molar-refractivity contribution >= 4 is 11.9 Å². The molecule has 0 aromatic carbocycles. The van der Waals surface area contributed by atoms with Crippen molar-refractivity contribution in [2.75, 3.05) is 6.61 Å². The molecule has 1 heterocycles. The summed E-state index contributed by atoms with van der Waals surface area (Å²) in [4.78, 5) is 22.0. The molecule has 1 rings (SSSR count). The Morgan fingerprint density at radius 3 is 2.05 bits per heavy atom. The smallest absolute Gasteiger partial charge is 0.329 e. The molecule has 116 valence electrons. The molecule has 0 unspecified atom stereocenters. The number of carbonyl (C=O) groups excluding carboxylic acids is 2. The van der Waals surface area contributed by atoms with Gasteiger partial charge in [-0.05, 0) is 6.42 Å². The molecule has 4 nitrogen and oxygen atoms in total. The summed E-state index contributed by atoms with van der Waals surface area (Å²) >= 11 is 0. The first-order valence-electron chi connectivity index (χ1n) is 8.20. The molecule has 1 N–H and O–H groups in total. The predicted octanol–water partition coefficient (Wildman–Crippen LogP) is 3.34. The number of β-lactam (4-membered cyclic amide) rings is 1. The van der Waals surface area contributed by atoms with Crippen LogP contribution >= 0.6 is 0 Å². The molecule has 1 fully saturated rings. The van der Waals surface area contributed by atoms with Gasteiger partial charge in [0.25, 0.3) is 0 Å². The fourth-order valence-electron chi connectivity index (χ4n) is 2.36. The van der Waals surface area contributed by atoms with E-state index in [2.05, 4.69) is 12.2 Å². The predicted molar refractivity (Wildman–Crippen MR) is 79.4 cm³/mol. The third kappa shape index (κ3) is 7.51. The second-order valence-corrected chi connectivity index (χ2v) is 5.67. The van der Waals surface area contributed by atoms with Gasteiger partial charge < -0.3 is 10.1 Å². The fraction of sp³-hybridized carbons (Fsp3) is 0.875. The lowest BCUT2D eigenvalue weighted by molar-refractivity contribution is -0.153. The van der Waals surface area contributed by atoms with E-state index in [1.807, 2.05) is 0 Å². The standard InChI is InChI=1S/C16H29NO3/c1-2-3-4-5-6-7-8-9-10-11-12-20-16(19)14-13-15(18)17-14/h14H,2-13H2,1H3,(H,17,18)/t14-/m0/s1. The van der Waals surface area contributed by atoms with Crippen molar-refractivity contribution in [3.8, 4) is 0 Å². The van der Waals surface area contributed by atoms with E-state index in [4.69, 9.17) is 4.74 Å². The summed E-state index contributed by atoms with van der Waals surface area (Å²) in [6, 6.07) is -0.384. The lowest BCUT2D eigenvalue weighted by Gasteiger charge is -2.24. The second-order valence-electron chi connectivity index (χ2n) is 5.67. The second kappa shape index (κ2) is 10.7. The van der Waals surface area contributed by atoms with Crippen LogP contribution in [0, 0.1) is 0 Å². The van der Waals surface area contributed by atoms with Crippen LogP contribution in [0.1, 0.15) is 77.6 Å². The normalized spacial score (nSPS) is 17.4. The van der Waals surface area contributed by atoms with Crippen LogP contribution in [0.5, 0.6) is 0 Å². The highest BCUT2D eigenvalue weighted by Gasteiger charge is 2.32. The van der Waals surface area contributed by atoms with Gasteiger partial charge in [0.05, 0.1) is 13.0 Å². The molecule has 0 bridgehead atoms. The zero-order chi connectivity index (χ0) is 14.6. The van der Waals surface area contributed by atoms with Crippen molar-refractivity contribution in [2.24, 2.45) is 0 Å². The van der Waals surface area contributed by atoms with Gasteiger partial charge in [0, 0.05) is 0 Å². The molecule has 0 radical (unpaired) electrons. The van der Waals surface area contributed by atoms with Crippen molar-refractivity contribution < 1.29 is 14.3 Å². The van der Waals surface area contributed by atoms with Gasteiger partial charge in [0.2, 0.25) is 5.91 Å². The van der Waals surface area contributed by atoms with Crippen molar-refractivity contribution in [3.05, 3.63) is 0 Å². The number of carbonyl (C=O) groups is 2. The van der Waals surface area contributed by atoms with E-state index >= 15 is 0 Å². The van der Waals surface area contributed by atoms with Crippen LogP contribution in [0.25, 0.3) is 0 Å². The lowest BCUT2D eigenvalue weighted by atomic mass is 10.1. The minimum absolute atomic E-state index is 0.0640. The minimum Gasteiger partial charge on any atom is -0.464 e. The topological polar surface area (TPSA) is 55.4 Å². The zero-order valence-electron chi connectivity index (χ0n) is 12.8. The first kappa shape index (κ1) is 17.0. The number of esters is 1. The van der Waals surface area contributed by atoms with Crippen LogP contribution in [0.4, 0.5) is 0 Å². The van der Waals surface area contributed by atoms with Gasteiger partial charge in [-0.15, -0.1) is 0 Å². The molecule has 0 aromatic rings. The molecule has 1 aliphatic rings. The van der Waals surface area contributed by atoms with Crippen LogP contribution in [-0.4, -0.2) is 24.5 Å². The SMILES string of the molecule is CCCCCCCCCCCCOC(=O)[C@@H]1CC(=O)N1. The Bertz CT molecular complexity index is 283. The van der Waals surface area contributed by atoms with Gasteiger partial charge in [-0.3, -0.25) is 4.79 Å². The average Bonchev–Trinajstić information content (AvgIpc) is 2.41. The average molecular weight is 283 g/mol. The van der Waals surface area contributed by atoms with Crippen molar-refractivity contribution in [1.82, 2.24) is 5.32 Å². The molecular formula is C16H29NO3. The molecule has 1 aliphatic heterocycles. The van der Waals surface area contributed by atoms with Gasteiger partial charge >= 0.3 is 5.97 Å². The van der Waals surface area contributed by atoms with Gasteiger partial charge in [-0.1, -0.05) is 64.7 Å². The third-order valence-corrected chi connectivity index (χ3v) is 3.75. The van der Waals surface area contributed by atoms with E-state index < -0.39 is 0 Å². The lowest BCUT2D eigenvalue weighted by Crippen LogP contribution is -2.53. The summed E-state index contributed by atoms with van der Waals surface area (Å²) in [6.07, 6.45) is 13.0. The molecule has 20 heavy (non-hydrogen) atoms. The highest BCUT2D eigenvalue weighted by atomic mass is 16.5. The molecule has 1 atom stereocenters. The van der Waals surface area contributed by atoms with E-state index in [9.17, 15) is 9.59 Å². The van der Waals surface area contributed by atoms with Gasteiger partial charge in [-0.2, -0.15) is 0 Å². The molecule has 0 spiro atoms. The van der Waals surface area contributed by atoms with E-state index in [-0.39, 0.29) is 24.3 Å². The minimum atomic E-state index is -0.384. The molecular weight excluding hydrogens is 254 g/mol. The van der Waals surface area contributed by atoms with Gasteiger partial charge in [0.15, 0.2) is 0 Å². The summed E-state index contributed by atoms with van der Waals surface area (Å²) in [6.45, 7) is 2.73. The Morgan fingerprint density at radius 2 is 1.55 bits per heavy atom. The summed E-state index contributed by atoms with van der Waals surface area (Å²) in [5.74, 6) is -0.341. The van der Waals surface area contributed by atoms with Gasteiger partial charge in [0.1, 0.15) is 6.04 Å². The maximum atomic E-state index is 11.4. The van der Waals surface area contributed by atoms with E-state index in [1.165, 1.54) is 51.4 Å². The summed E-state index contributed by atoms with van der Waals surface area (Å²) < 4.78 is 5.11. The summed E-state index contributed by atoms with van der Waals surface area (Å²) in [5, 5.41) is 2.52. The maximum Gasteiger partial charge on any atom is 0.329 e. The van der Waals surface area contributed by atoms with Crippen LogP contribution in [0.2, 0.25) is 0 Å². The van der Waals surface area contributed by atoms with Crippen molar-refractivity contribution in [3.63, 3.8) is 0 Å². The number of ether oxygens (including phenoxy) is 1. The number of nitrogens with one attached hydrogen (secondary N) is 1. The Kier molecular flexibility index (Phi) is 9.09. The Balaban J connectivity index is 1.76. The van der Waals surface area contributed by atoms with Gasteiger partial charge in [-0.25, -0.2) is 4.79 Å². The Morgan fingerprint density at radius 1 is 1.05 bits per heavy atom. The van der Waals surface area contributed by atoms with E-state index in [0.29, 0.717) is 6.61 Å². The first-order chi connectivity index (χ1) is 9.74. The molecule has 0 aromatic heterocycles. The number of hydrogen-bond acceptors (Lipinski definition) is 3. The maximum absolute atomic E-state index is 11.4. The largest absolute Gasteiger partial charge is 0.464 e. The summed E-state index contributed by atoms with van der Waals surface area (Å²) in [5.41, 5.74) is 0. The highest BCUT2D eigenvalue weighted by Crippen LogP contribution is 2.11. The molecule has 1 saturated heterocycles. The quantitative estimate of drug-likeness (QED) is 0.339. The molecule has 0 saturated carbocycles. The number of amides is 1. The molecule has 0 aliphatic carbocycles. The zero-order valence-corrected chi connectivity index (χ0v) is 12.8. The molecule has 1 amide bonds. The number of hydrogen-bond donors (Lipinski definition) is 1. The third-order valence-electron chi connectivity index (χ3n) is 3.75. The molecule has 4 heteroatoms. The highest BCUT2D eigenvalue weighted by molar-refractivity contribution is 5.94. The summed E-state index contributed by atoms with van der Waals surface area (Å²) in [7, 11) is 0. The van der Waals surface area contributed by atoms with Crippen molar-refractivity contribution in [2.45, 2.75) is 83.6 Å². The number of unbranched alkanes of at least 4 members (excludes halogenated alkanes) is 9. The Labute approximate surface area is 122 Å². The van der Waals surface area contributed by atoms with E-state index in [1.54, 1.807) is 0 Å². The van der Waals surface area contributed by atoms with Crippen LogP contribution in [-0.2, 0) is 14.3 Å².